The van der Waals surface area contributed by atoms with Crippen molar-refractivity contribution in [3.63, 3.8) is 0 Å². The Labute approximate surface area is 120 Å². The van der Waals surface area contributed by atoms with Crippen LogP contribution in [-0.4, -0.2) is 44.2 Å². The van der Waals surface area contributed by atoms with E-state index < -0.39 is 0 Å². The number of benzene rings is 1. The average Bonchev–Trinajstić information content (AvgIpc) is 2.45. The number of carbonyl (C=O) groups is 1. The Morgan fingerprint density at radius 2 is 2.25 bits per heavy atom. The lowest BCUT2D eigenvalue weighted by Crippen LogP contribution is -2.28. The molecule has 5 nitrogen and oxygen atoms in total. The molecular formula is C15H23N3O2. The second-order valence-electron chi connectivity index (χ2n) is 5.37. The highest BCUT2D eigenvalue weighted by molar-refractivity contribution is 6.00. The largest absolute Gasteiger partial charge is 0.399 e. The SMILES string of the molecule is CN(C)C(=O)c1ccc(N)cc1NCC1CCCCO1. The number of carbonyl (C=O) groups excluding carboxylic acids is 1. The Balaban J connectivity index is 2.08. The van der Waals surface area contributed by atoms with Crippen molar-refractivity contribution in [2.45, 2.75) is 25.4 Å². The minimum absolute atomic E-state index is 0.0305. The highest BCUT2D eigenvalue weighted by Gasteiger charge is 2.17. The van der Waals surface area contributed by atoms with Crippen LogP contribution >= 0.6 is 0 Å². The second kappa shape index (κ2) is 6.61. The van der Waals surface area contributed by atoms with Crippen LogP contribution in [0.4, 0.5) is 11.4 Å². The fourth-order valence-electron chi connectivity index (χ4n) is 2.33. The zero-order chi connectivity index (χ0) is 14.5. The molecule has 0 aromatic heterocycles. The first-order valence-electron chi connectivity index (χ1n) is 7.04. The molecule has 20 heavy (non-hydrogen) atoms. The Hall–Kier alpha value is -1.75. The molecule has 1 heterocycles. The summed E-state index contributed by atoms with van der Waals surface area (Å²) in [5, 5.41) is 3.31. The summed E-state index contributed by atoms with van der Waals surface area (Å²) in [7, 11) is 3.49. The molecule has 1 unspecified atom stereocenters. The number of nitrogens with zero attached hydrogens (tertiary/aromatic N) is 1. The second-order valence-corrected chi connectivity index (χ2v) is 5.37. The zero-order valence-electron chi connectivity index (χ0n) is 12.2. The van der Waals surface area contributed by atoms with Gasteiger partial charge in [-0.15, -0.1) is 0 Å². The minimum atomic E-state index is -0.0305. The first-order chi connectivity index (χ1) is 9.58. The van der Waals surface area contributed by atoms with E-state index in [4.69, 9.17) is 10.5 Å². The predicted octanol–water partition coefficient (Wildman–Crippen LogP) is 1.95. The van der Waals surface area contributed by atoms with Crippen LogP contribution in [0.25, 0.3) is 0 Å². The molecule has 1 aliphatic heterocycles. The number of hydrogen-bond acceptors (Lipinski definition) is 4. The summed E-state index contributed by atoms with van der Waals surface area (Å²) in [4.78, 5) is 13.7. The monoisotopic (exact) mass is 277 g/mol. The van der Waals surface area contributed by atoms with Gasteiger partial charge in [0.2, 0.25) is 0 Å². The molecule has 0 aliphatic carbocycles. The van der Waals surface area contributed by atoms with Gasteiger partial charge in [0, 0.05) is 38.6 Å². The molecule has 1 aliphatic rings. The third-order valence-corrected chi connectivity index (χ3v) is 3.47. The van der Waals surface area contributed by atoms with Gasteiger partial charge in [-0.25, -0.2) is 0 Å². The summed E-state index contributed by atoms with van der Waals surface area (Å²) in [5.41, 5.74) is 7.88. The van der Waals surface area contributed by atoms with Crippen molar-refractivity contribution in [3.8, 4) is 0 Å². The summed E-state index contributed by atoms with van der Waals surface area (Å²) in [6, 6.07) is 5.32. The molecule has 0 saturated carbocycles. The lowest BCUT2D eigenvalue weighted by molar-refractivity contribution is 0.0247. The number of nitrogens with one attached hydrogen (secondary N) is 1. The van der Waals surface area contributed by atoms with Gasteiger partial charge in [-0.05, 0) is 37.5 Å². The lowest BCUT2D eigenvalue weighted by atomic mass is 10.1. The van der Waals surface area contributed by atoms with E-state index in [1.165, 1.54) is 6.42 Å². The number of rotatable bonds is 4. The lowest BCUT2D eigenvalue weighted by Gasteiger charge is -2.24. The maximum atomic E-state index is 12.1. The highest BCUT2D eigenvalue weighted by atomic mass is 16.5. The first kappa shape index (κ1) is 14.7. The van der Waals surface area contributed by atoms with E-state index in [-0.39, 0.29) is 12.0 Å². The Morgan fingerprint density at radius 1 is 1.45 bits per heavy atom. The number of anilines is 2. The van der Waals surface area contributed by atoms with Gasteiger partial charge in [-0.3, -0.25) is 4.79 Å². The van der Waals surface area contributed by atoms with Gasteiger partial charge < -0.3 is 20.7 Å². The third kappa shape index (κ3) is 3.63. The number of ether oxygens (including phenoxy) is 1. The van der Waals surface area contributed by atoms with Crippen molar-refractivity contribution in [3.05, 3.63) is 23.8 Å². The molecule has 5 heteroatoms. The summed E-state index contributed by atoms with van der Waals surface area (Å²) in [6.07, 6.45) is 3.62. The van der Waals surface area contributed by atoms with Gasteiger partial charge in [0.25, 0.3) is 5.91 Å². The summed E-state index contributed by atoms with van der Waals surface area (Å²) < 4.78 is 5.69. The summed E-state index contributed by atoms with van der Waals surface area (Å²) in [6.45, 7) is 1.53. The van der Waals surface area contributed by atoms with Crippen molar-refractivity contribution < 1.29 is 9.53 Å². The van der Waals surface area contributed by atoms with Gasteiger partial charge in [0.05, 0.1) is 11.7 Å². The fraction of sp³-hybridized carbons (Fsp3) is 0.533. The average molecular weight is 277 g/mol. The topological polar surface area (TPSA) is 67.6 Å². The Bertz CT molecular complexity index is 468. The van der Waals surface area contributed by atoms with E-state index in [9.17, 15) is 4.79 Å². The molecule has 1 amide bonds. The molecule has 1 atom stereocenters. The zero-order valence-corrected chi connectivity index (χ0v) is 12.2. The van der Waals surface area contributed by atoms with Crippen LogP contribution in [0.2, 0.25) is 0 Å². The van der Waals surface area contributed by atoms with E-state index in [1.807, 2.05) is 0 Å². The molecule has 110 valence electrons. The van der Waals surface area contributed by atoms with Crippen molar-refractivity contribution >= 4 is 17.3 Å². The summed E-state index contributed by atoms with van der Waals surface area (Å²) >= 11 is 0. The molecule has 0 spiro atoms. The van der Waals surface area contributed by atoms with Crippen LogP contribution in [0, 0.1) is 0 Å². The van der Waals surface area contributed by atoms with Gasteiger partial charge >= 0.3 is 0 Å². The Morgan fingerprint density at radius 3 is 2.90 bits per heavy atom. The molecule has 2 rings (SSSR count). The normalized spacial score (nSPS) is 18.6. The molecule has 1 aromatic rings. The maximum Gasteiger partial charge on any atom is 0.255 e. The fourth-order valence-corrected chi connectivity index (χ4v) is 2.33. The molecule has 1 aromatic carbocycles. The van der Waals surface area contributed by atoms with E-state index in [0.717, 1.165) is 25.1 Å². The van der Waals surface area contributed by atoms with Crippen LogP contribution in [0.1, 0.15) is 29.6 Å². The van der Waals surface area contributed by atoms with Crippen LogP contribution in [0.3, 0.4) is 0 Å². The van der Waals surface area contributed by atoms with E-state index >= 15 is 0 Å². The standard InChI is InChI=1S/C15H23N3O2/c1-18(2)15(19)13-7-6-11(16)9-14(13)17-10-12-5-3-4-8-20-12/h6-7,9,12,17H,3-5,8,10,16H2,1-2H3. The smallest absolute Gasteiger partial charge is 0.255 e. The quantitative estimate of drug-likeness (QED) is 0.825. The van der Waals surface area contributed by atoms with Gasteiger partial charge in [0.1, 0.15) is 0 Å². The van der Waals surface area contributed by atoms with Crippen LogP contribution in [0.5, 0.6) is 0 Å². The molecule has 3 N–H and O–H groups in total. The summed E-state index contributed by atoms with van der Waals surface area (Å²) in [5.74, 6) is -0.0305. The number of hydrogen-bond donors (Lipinski definition) is 2. The van der Waals surface area contributed by atoms with Crippen molar-refractivity contribution in [1.82, 2.24) is 4.90 Å². The highest BCUT2D eigenvalue weighted by Crippen LogP contribution is 2.21. The van der Waals surface area contributed by atoms with Gasteiger partial charge in [-0.1, -0.05) is 0 Å². The maximum absolute atomic E-state index is 12.1. The number of amides is 1. The molecule has 1 fully saturated rings. The molecule has 0 radical (unpaired) electrons. The number of nitrogens with two attached hydrogens (primary N) is 1. The van der Waals surface area contributed by atoms with Crippen LogP contribution in [-0.2, 0) is 4.74 Å². The van der Waals surface area contributed by atoms with Crippen molar-refractivity contribution in [1.29, 1.82) is 0 Å². The van der Waals surface area contributed by atoms with Crippen molar-refractivity contribution in [2.24, 2.45) is 0 Å². The van der Waals surface area contributed by atoms with Gasteiger partial charge in [0.15, 0.2) is 0 Å². The van der Waals surface area contributed by atoms with E-state index in [2.05, 4.69) is 5.32 Å². The number of nitrogen functional groups attached to an aromatic ring is 1. The molecule has 0 bridgehead atoms. The Kier molecular flexibility index (Phi) is 4.84. The van der Waals surface area contributed by atoms with Crippen LogP contribution < -0.4 is 11.1 Å². The molecular weight excluding hydrogens is 254 g/mol. The van der Waals surface area contributed by atoms with Crippen LogP contribution in [0.15, 0.2) is 18.2 Å². The first-order valence-corrected chi connectivity index (χ1v) is 7.04. The van der Waals surface area contributed by atoms with Crippen molar-refractivity contribution in [2.75, 3.05) is 38.3 Å². The predicted molar refractivity (Wildman–Crippen MR) is 81.0 cm³/mol. The van der Waals surface area contributed by atoms with E-state index in [1.54, 1.807) is 37.2 Å². The van der Waals surface area contributed by atoms with Gasteiger partial charge in [-0.2, -0.15) is 0 Å². The van der Waals surface area contributed by atoms with E-state index in [0.29, 0.717) is 17.8 Å². The molecule has 1 saturated heterocycles. The minimum Gasteiger partial charge on any atom is -0.399 e. The third-order valence-electron chi connectivity index (χ3n) is 3.47.